The molecular formula is C24H20F2NO5PS. The van der Waals surface area contributed by atoms with Gasteiger partial charge in [-0.2, -0.15) is 8.78 Å². The van der Waals surface area contributed by atoms with Gasteiger partial charge in [0.25, 0.3) is 5.91 Å². The fourth-order valence-corrected chi connectivity index (χ4v) is 5.33. The second kappa shape index (κ2) is 9.74. The first-order valence-corrected chi connectivity index (χ1v) is 12.6. The maximum atomic E-state index is 14.8. The number of para-hydroxylation sites is 1. The predicted molar refractivity (Wildman–Crippen MR) is 127 cm³/mol. The van der Waals surface area contributed by atoms with Crippen molar-refractivity contribution in [3.63, 3.8) is 0 Å². The summed E-state index contributed by atoms with van der Waals surface area (Å²) < 4.78 is 47.1. The van der Waals surface area contributed by atoms with Crippen LogP contribution in [0.1, 0.15) is 26.4 Å². The van der Waals surface area contributed by atoms with Gasteiger partial charge in [-0.15, -0.1) is 11.3 Å². The summed E-state index contributed by atoms with van der Waals surface area (Å²) in [6, 6.07) is 22.2. The number of benzene rings is 3. The molecule has 0 saturated carbocycles. The summed E-state index contributed by atoms with van der Waals surface area (Å²) in [7, 11) is -5.80. The van der Waals surface area contributed by atoms with E-state index in [0.29, 0.717) is 21.7 Å². The molecular weight excluding hydrogens is 483 g/mol. The van der Waals surface area contributed by atoms with Gasteiger partial charge in [0.1, 0.15) is 0 Å². The number of ether oxygens (including phenoxy) is 1. The number of fused-ring (bicyclic) bond motifs is 1. The van der Waals surface area contributed by atoms with Gasteiger partial charge in [-0.3, -0.25) is 9.36 Å². The van der Waals surface area contributed by atoms with Crippen LogP contribution in [0.4, 0.5) is 14.5 Å². The molecule has 0 bridgehead atoms. The molecule has 3 N–H and O–H groups in total. The van der Waals surface area contributed by atoms with Crippen LogP contribution in [0.15, 0.2) is 78.9 Å². The summed E-state index contributed by atoms with van der Waals surface area (Å²) >= 11 is 0.574. The highest BCUT2D eigenvalue weighted by molar-refractivity contribution is 7.53. The number of hydrogen-bond donors (Lipinski definition) is 3. The molecule has 4 rings (SSSR count). The smallest absolute Gasteiger partial charge is 0.372 e. The molecule has 6 nitrogen and oxygen atoms in total. The van der Waals surface area contributed by atoms with E-state index < -0.39 is 24.0 Å². The van der Waals surface area contributed by atoms with Gasteiger partial charge >= 0.3 is 13.3 Å². The average Bonchev–Trinajstić information content (AvgIpc) is 3.18. The van der Waals surface area contributed by atoms with E-state index in [-0.39, 0.29) is 29.7 Å². The number of anilines is 1. The summed E-state index contributed by atoms with van der Waals surface area (Å²) in [4.78, 5) is 30.6. The number of rotatable bonds is 8. The highest BCUT2D eigenvalue weighted by Crippen LogP contribution is 2.62. The van der Waals surface area contributed by atoms with E-state index in [9.17, 15) is 27.9 Å². The van der Waals surface area contributed by atoms with Crippen LogP contribution in [0.5, 0.6) is 0 Å². The molecule has 1 heterocycles. The van der Waals surface area contributed by atoms with E-state index in [4.69, 9.17) is 4.74 Å². The number of hydrogen-bond acceptors (Lipinski definition) is 4. The monoisotopic (exact) mass is 503 g/mol. The molecule has 0 saturated heterocycles. The zero-order valence-electron chi connectivity index (χ0n) is 17.7. The number of amides is 1. The highest BCUT2D eigenvalue weighted by atomic mass is 32.1. The largest absolute Gasteiger partial charge is 0.400 e. The standard InChI is InChI=1S/C24H20F2NO5PS/c25-24(26,33(29,30)31)22-20(15-32-14-16-7-3-1-4-8-16)19-13-17(11-12-21(19)34-22)23(28)27-18-9-5-2-6-10-18/h1-13H,14-15H2,(H,27,28)(H2,29,30,31). The van der Waals surface area contributed by atoms with Crippen molar-refractivity contribution in [3.05, 3.63) is 100 Å². The van der Waals surface area contributed by atoms with Crippen LogP contribution in [-0.4, -0.2) is 15.7 Å². The molecule has 0 atom stereocenters. The maximum absolute atomic E-state index is 14.8. The van der Waals surface area contributed by atoms with Crippen LogP contribution >= 0.6 is 18.9 Å². The van der Waals surface area contributed by atoms with Gasteiger partial charge in [0.2, 0.25) is 0 Å². The Hall–Kier alpha value is -2.94. The lowest BCUT2D eigenvalue weighted by Gasteiger charge is -2.18. The summed E-state index contributed by atoms with van der Waals surface area (Å²) in [6.45, 7) is -0.198. The van der Waals surface area contributed by atoms with Crippen molar-refractivity contribution < 1.29 is 32.7 Å². The third kappa shape index (κ3) is 5.09. The number of halogens is 2. The Morgan fingerprint density at radius 1 is 0.971 bits per heavy atom. The van der Waals surface area contributed by atoms with Crippen LogP contribution in [0, 0.1) is 0 Å². The Morgan fingerprint density at radius 2 is 1.62 bits per heavy atom. The van der Waals surface area contributed by atoms with Gasteiger partial charge in [0.05, 0.1) is 18.1 Å². The fraction of sp³-hybridized carbons (Fsp3) is 0.125. The molecule has 0 fully saturated rings. The molecule has 1 amide bonds. The minimum absolute atomic E-state index is 0.0568. The van der Waals surface area contributed by atoms with E-state index in [1.807, 2.05) is 30.3 Å². The first kappa shape index (κ1) is 24.2. The maximum Gasteiger partial charge on any atom is 0.400 e. The van der Waals surface area contributed by atoms with Crippen LogP contribution in [0.3, 0.4) is 0 Å². The first-order chi connectivity index (χ1) is 16.2. The predicted octanol–water partition coefficient (Wildman–Crippen LogP) is 6.10. The topological polar surface area (TPSA) is 95.9 Å². The minimum atomic E-state index is -5.80. The lowest BCUT2D eigenvalue weighted by atomic mass is 10.1. The number of carbonyl (C=O) groups is 1. The second-order valence-corrected chi connectivity index (χ2v) is 10.2. The number of carbonyl (C=O) groups excluding carboxylic acids is 1. The van der Waals surface area contributed by atoms with Crippen LogP contribution in [0.25, 0.3) is 10.1 Å². The van der Waals surface area contributed by atoms with Gasteiger partial charge < -0.3 is 19.8 Å². The Morgan fingerprint density at radius 3 is 2.26 bits per heavy atom. The van der Waals surface area contributed by atoms with Gasteiger partial charge in [0, 0.05) is 21.5 Å². The van der Waals surface area contributed by atoms with Crippen LogP contribution < -0.4 is 5.32 Å². The van der Waals surface area contributed by atoms with Gasteiger partial charge in [-0.05, 0) is 41.3 Å². The highest BCUT2D eigenvalue weighted by Gasteiger charge is 2.53. The van der Waals surface area contributed by atoms with Crippen molar-refractivity contribution in [2.75, 3.05) is 5.32 Å². The van der Waals surface area contributed by atoms with Crippen molar-refractivity contribution >= 4 is 40.6 Å². The molecule has 0 spiro atoms. The van der Waals surface area contributed by atoms with Gasteiger partial charge in [-0.25, -0.2) is 0 Å². The van der Waals surface area contributed by atoms with E-state index >= 15 is 0 Å². The molecule has 0 unspecified atom stereocenters. The molecule has 0 aliphatic carbocycles. The quantitative estimate of drug-likeness (QED) is 0.253. The lowest BCUT2D eigenvalue weighted by molar-refractivity contribution is 0.0546. The molecule has 0 radical (unpaired) electrons. The van der Waals surface area contributed by atoms with Gasteiger partial charge in [-0.1, -0.05) is 48.5 Å². The number of thiophene rings is 1. The molecule has 4 aromatic rings. The van der Waals surface area contributed by atoms with Crippen molar-refractivity contribution in [3.8, 4) is 0 Å². The molecule has 10 heteroatoms. The summed E-state index contributed by atoms with van der Waals surface area (Å²) in [5, 5.41) is 3.01. The average molecular weight is 503 g/mol. The Labute approximate surface area is 198 Å². The van der Waals surface area contributed by atoms with Crippen molar-refractivity contribution in [2.45, 2.75) is 18.9 Å². The molecule has 176 valence electrons. The van der Waals surface area contributed by atoms with E-state index in [1.54, 1.807) is 30.3 Å². The van der Waals surface area contributed by atoms with Crippen LogP contribution in [-0.2, 0) is 28.2 Å². The Kier molecular flexibility index (Phi) is 6.93. The summed E-state index contributed by atoms with van der Waals surface area (Å²) in [6.07, 6.45) is 0. The van der Waals surface area contributed by atoms with Crippen molar-refractivity contribution in [2.24, 2.45) is 0 Å². The third-order valence-corrected chi connectivity index (χ3v) is 7.47. The molecule has 0 aliphatic heterocycles. The van der Waals surface area contributed by atoms with E-state index in [2.05, 4.69) is 5.32 Å². The van der Waals surface area contributed by atoms with Crippen molar-refractivity contribution in [1.82, 2.24) is 0 Å². The zero-order chi connectivity index (χ0) is 24.3. The summed E-state index contributed by atoms with van der Waals surface area (Å²) in [5.41, 5.74) is -2.86. The minimum Gasteiger partial charge on any atom is -0.372 e. The summed E-state index contributed by atoms with van der Waals surface area (Å²) in [5.74, 6) is -0.446. The number of alkyl halides is 2. The molecule has 0 aliphatic rings. The number of nitrogens with one attached hydrogen (secondary N) is 1. The van der Waals surface area contributed by atoms with Crippen molar-refractivity contribution in [1.29, 1.82) is 0 Å². The molecule has 34 heavy (non-hydrogen) atoms. The Balaban J connectivity index is 1.71. The molecule has 3 aromatic carbocycles. The normalized spacial score (nSPS) is 12.1. The zero-order valence-corrected chi connectivity index (χ0v) is 19.4. The molecule has 1 aromatic heterocycles. The Bertz CT molecular complexity index is 1360. The fourth-order valence-electron chi connectivity index (χ4n) is 3.38. The second-order valence-electron chi connectivity index (χ2n) is 7.50. The van der Waals surface area contributed by atoms with Gasteiger partial charge in [0.15, 0.2) is 0 Å². The van der Waals surface area contributed by atoms with Crippen LogP contribution in [0.2, 0.25) is 0 Å². The lowest BCUT2D eigenvalue weighted by Crippen LogP contribution is -2.14. The first-order valence-electron chi connectivity index (χ1n) is 10.1. The van der Waals surface area contributed by atoms with E-state index in [1.165, 1.54) is 18.2 Å². The SMILES string of the molecule is O=C(Nc1ccccc1)c1ccc2sc(C(F)(F)P(=O)(O)O)c(COCc3ccccc3)c2c1. The van der Waals surface area contributed by atoms with E-state index in [0.717, 1.165) is 5.56 Å². The third-order valence-electron chi connectivity index (χ3n) is 5.08.